The summed E-state index contributed by atoms with van der Waals surface area (Å²) in [5.41, 5.74) is 1.09. The zero-order valence-electron chi connectivity index (χ0n) is 15.5. The van der Waals surface area contributed by atoms with Crippen LogP contribution in [0.25, 0.3) is 0 Å². The molecule has 2 aliphatic heterocycles. The first-order valence-electron chi connectivity index (χ1n) is 9.26. The van der Waals surface area contributed by atoms with Crippen LogP contribution in [-0.4, -0.2) is 82.6 Å². The molecule has 0 N–H and O–H groups in total. The van der Waals surface area contributed by atoms with Crippen LogP contribution in [0.2, 0.25) is 0 Å². The maximum Gasteiger partial charge on any atom is 0.236 e. The molecule has 0 spiro atoms. The number of fused-ring (bicyclic) bond motifs is 1. The van der Waals surface area contributed by atoms with Crippen LogP contribution in [0, 0.1) is 0 Å². The molecular weight excluding hydrogens is 346 g/mol. The van der Waals surface area contributed by atoms with E-state index in [1.807, 2.05) is 52.1 Å². The normalized spacial score (nSPS) is 23.4. The van der Waals surface area contributed by atoms with Gasteiger partial charge in [0.1, 0.15) is 12.2 Å². The van der Waals surface area contributed by atoms with Gasteiger partial charge in [-0.15, -0.1) is 0 Å². The molecule has 2 fully saturated rings. The standard InChI is InChI=1S/C19H25N5O3/c1-22(9-15-4-2-5-20-8-15)12-19(25)23-10-17-18(11-23)27-14-16(13-26-17)24-7-3-6-21-24/h2-8,16-18H,9-14H2,1H3/t17-,18-/m0/s1. The second kappa shape index (κ2) is 8.16. The van der Waals surface area contributed by atoms with Crippen molar-refractivity contribution in [3.05, 3.63) is 48.5 Å². The fourth-order valence-electron chi connectivity index (χ4n) is 3.62. The number of pyridine rings is 1. The lowest BCUT2D eigenvalue weighted by atomic mass is 10.2. The molecular formula is C19H25N5O3. The molecule has 0 bridgehead atoms. The number of ether oxygens (including phenoxy) is 2. The first kappa shape index (κ1) is 18.1. The van der Waals surface area contributed by atoms with Crippen LogP contribution in [0.4, 0.5) is 0 Å². The molecule has 8 nitrogen and oxygen atoms in total. The van der Waals surface area contributed by atoms with Crippen LogP contribution in [0.3, 0.4) is 0 Å². The average Bonchev–Trinajstić information content (AvgIpc) is 3.30. The second-order valence-corrected chi connectivity index (χ2v) is 7.22. The van der Waals surface area contributed by atoms with Crippen molar-refractivity contribution >= 4 is 5.91 Å². The first-order chi connectivity index (χ1) is 13.2. The second-order valence-electron chi connectivity index (χ2n) is 7.22. The van der Waals surface area contributed by atoms with Crippen LogP contribution in [0.5, 0.6) is 0 Å². The Balaban J connectivity index is 1.28. The molecule has 2 aromatic heterocycles. The smallest absolute Gasteiger partial charge is 0.236 e. The van der Waals surface area contributed by atoms with Crippen LogP contribution >= 0.6 is 0 Å². The highest BCUT2D eigenvalue weighted by atomic mass is 16.6. The molecule has 1 amide bonds. The molecule has 2 saturated heterocycles. The van der Waals surface area contributed by atoms with E-state index in [1.165, 1.54) is 0 Å². The molecule has 27 heavy (non-hydrogen) atoms. The first-order valence-corrected chi connectivity index (χ1v) is 9.26. The van der Waals surface area contributed by atoms with Crippen molar-refractivity contribution in [2.24, 2.45) is 0 Å². The Hall–Kier alpha value is -2.29. The number of aromatic nitrogens is 3. The number of likely N-dealkylation sites (N-methyl/N-ethyl adjacent to an activating group) is 1. The monoisotopic (exact) mass is 371 g/mol. The van der Waals surface area contributed by atoms with Gasteiger partial charge < -0.3 is 14.4 Å². The van der Waals surface area contributed by atoms with Gasteiger partial charge in [-0.1, -0.05) is 6.07 Å². The number of amides is 1. The van der Waals surface area contributed by atoms with Gasteiger partial charge in [0.2, 0.25) is 5.91 Å². The summed E-state index contributed by atoms with van der Waals surface area (Å²) in [6, 6.07) is 5.90. The Kier molecular flexibility index (Phi) is 5.47. The van der Waals surface area contributed by atoms with Gasteiger partial charge in [0.25, 0.3) is 0 Å². The lowest BCUT2D eigenvalue weighted by Crippen LogP contribution is -2.38. The van der Waals surface area contributed by atoms with E-state index in [-0.39, 0.29) is 24.2 Å². The van der Waals surface area contributed by atoms with Gasteiger partial charge >= 0.3 is 0 Å². The fourth-order valence-corrected chi connectivity index (χ4v) is 3.62. The van der Waals surface area contributed by atoms with Gasteiger partial charge in [-0.3, -0.25) is 19.4 Å². The van der Waals surface area contributed by atoms with E-state index in [9.17, 15) is 4.79 Å². The largest absolute Gasteiger partial charge is 0.371 e. The Morgan fingerprint density at radius 1 is 1.22 bits per heavy atom. The molecule has 144 valence electrons. The minimum Gasteiger partial charge on any atom is -0.371 e. The van der Waals surface area contributed by atoms with Gasteiger partial charge in [0, 0.05) is 44.4 Å². The molecule has 2 aliphatic rings. The molecule has 8 heteroatoms. The zero-order chi connectivity index (χ0) is 18.6. The predicted molar refractivity (Wildman–Crippen MR) is 97.9 cm³/mol. The van der Waals surface area contributed by atoms with E-state index in [0.717, 1.165) is 5.56 Å². The van der Waals surface area contributed by atoms with E-state index >= 15 is 0 Å². The molecule has 2 atom stereocenters. The fraction of sp³-hybridized carbons (Fsp3) is 0.526. The van der Waals surface area contributed by atoms with Crippen LogP contribution in [0.1, 0.15) is 11.6 Å². The van der Waals surface area contributed by atoms with E-state index in [0.29, 0.717) is 39.4 Å². The Morgan fingerprint density at radius 3 is 2.63 bits per heavy atom. The van der Waals surface area contributed by atoms with Crippen LogP contribution in [-0.2, 0) is 20.8 Å². The minimum absolute atomic E-state index is 0.0712. The molecule has 0 aliphatic carbocycles. The number of nitrogens with zero attached hydrogens (tertiary/aromatic N) is 5. The van der Waals surface area contributed by atoms with Crippen molar-refractivity contribution < 1.29 is 14.3 Å². The maximum absolute atomic E-state index is 12.7. The molecule has 0 aromatic carbocycles. The highest BCUT2D eigenvalue weighted by Crippen LogP contribution is 2.23. The molecule has 0 unspecified atom stereocenters. The Bertz CT molecular complexity index is 723. The third-order valence-electron chi connectivity index (χ3n) is 5.05. The summed E-state index contributed by atoms with van der Waals surface area (Å²) in [7, 11) is 1.95. The topological polar surface area (TPSA) is 72.7 Å². The summed E-state index contributed by atoms with van der Waals surface area (Å²) in [5.74, 6) is 0.102. The van der Waals surface area contributed by atoms with Crippen molar-refractivity contribution in [3.63, 3.8) is 0 Å². The lowest BCUT2D eigenvalue weighted by molar-refractivity contribution is -0.132. The zero-order valence-corrected chi connectivity index (χ0v) is 15.5. The predicted octanol–water partition coefficient (Wildman–Crippen LogP) is 0.577. The molecule has 2 aromatic rings. The van der Waals surface area contributed by atoms with E-state index < -0.39 is 0 Å². The highest BCUT2D eigenvalue weighted by Gasteiger charge is 2.39. The van der Waals surface area contributed by atoms with Gasteiger partial charge in [0.15, 0.2) is 0 Å². The van der Waals surface area contributed by atoms with Gasteiger partial charge in [-0.25, -0.2) is 0 Å². The summed E-state index contributed by atoms with van der Waals surface area (Å²) < 4.78 is 14.0. The summed E-state index contributed by atoms with van der Waals surface area (Å²) in [4.78, 5) is 20.6. The van der Waals surface area contributed by atoms with Crippen LogP contribution in [0.15, 0.2) is 43.0 Å². The van der Waals surface area contributed by atoms with Crippen molar-refractivity contribution in [2.45, 2.75) is 24.8 Å². The van der Waals surface area contributed by atoms with Crippen molar-refractivity contribution in [3.8, 4) is 0 Å². The third-order valence-corrected chi connectivity index (χ3v) is 5.05. The third kappa shape index (κ3) is 4.35. The summed E-state index contributed by atoms with van der Waals surface area (Å²) in [6.07, 6.45) is 7.11. The molecule has 0 radical (unpaired) electrons. The van der Waals surface area contributed by atoms with Crippen molar-refractivity contribution in [1.29, 1.82) is 0 Å². The van der Waals surface area contributed by atoms with Crippen molar-refractivity contribution in [1.82, 2.24) is 24.6 Å². The van der Waals surface area contributed by atoms with E-state index in [2.05, 4.69) is 10.1 Å². The summed E-state index contributed by atoms with van der Waals surface area (Å²) >= 11 is 0. The van der Waals surface area contributed by atoms with Gasteiger partial charge in [0.05, 0.1) is 25.8 Å². The number of rotatable bonds is 5. The quantitative estimate of drug-likeness (QED) is 0.766. The summed E-state index contributed by atoms with van der Waals surface area (Å²) in [5, 5.41) is 4.27. The molecule has 4 heterocycles. The Morgan fingerprint density at radius 2 is 2.00 bits per heavy atom. The number of hydrogen-bond acceptors (Lipinski definition) is 6. The minimum atomic E-state index is -0.0712. The molecule has 4 rings (SSSR count). The SMILES string of the molecule is CN(CC(=O)N1C[C@@H]2OCC(n3cccn3)CO[C@H]2C1)Cc1cccnc1. The molecule has 0 saturated carbocycles. The van der Waals surface area contributed by atoms with E-state index in [4.69, 9.17) is 9.47 Å². The lowest BCUT2D eigenvalue weighted by Gasteiger charge is -2.22. The van der Waals surface area contributed by atoms with Crippen molar-refractivity contribution in [2.75, 3.05) is 39.9 Å². The maximum atomic E-state index is 12.7. The van der Waals surface area contributed by atoms with E-state index in [1.54, 1.807) is 12.4 Å². The van der Waals surface area contributed by atoms with Crippen LogP contribution < -0.4 is 0 Å². The summed E-state index contributed by atoms with van der Waals surface area (Å²) in [6.45, 7) is 3.31. The highest BCUT2D eigenvalue weighted by molar-refractivity contribution is 5.78. The number of likely N-dealkylation sites (tertiary alicyclic amines) is 1. The van der Waals surface area contributed by atoms with Gasteiger partial charge in [-0.05, 0) is 24.7 Å². The van der Waals surface area contributed by atoms with Gasteiger partial charge in [-0.2, -0.15) is 5.10 Å². The number of carbonyl (C=O) groups excluding carboxylic acids is 1. The number of carbonyl (C=O) groups is 1. The average molecular weight is 371 g/mol. The Labute approximate surface area is 158 Å². The number of hydrogen-bond donors (Lipinski definition) is 0.